The van der Waals surface area contributed by atoms with Gasteiger partial charge in [-0.05, 0) is 31.6 Å². The van der Waals surface area contributed by atoms with Crippen molar-refractivity contribution in [3.05, 3.63) is 0 Å². The summed E-state index contributed by atoms with van der Waals surface area (Å²) in [7, 11) is 0. The molecule has 98 valence electrons. The number of hydrogen-bond acceptors (Lipinski definition) is 2. The van der Waals surface area contributed by atoms with Crippen molar-refractivity contribution >= 4 is 5.91 Å². The van der Waals surface area contributed by atoms with Crippen LogP contribution in [0.15, 0.2) is 0 Å². The minimum atomic E-state index is -0.113. The van der Waals surface area contributed by atoms with Gasteiger partial charge in [0.15, 0.2) is 0 Å². The highest BCUT2D eigenvalue weighted by atomic mass is 16.3. The van der Waals surface area contributed by atoms with Gasteiger partial charge in [0.1, 0.15) is 0 Å². The van der Waals surface area contributed by atoms with Crippen LogP contribution in [0, 0.1) is 11.8 Å². The van der Waals surface area contributed by atoms with Crippen LogP contribution in [0.25, 0.3) is 0 Å². The lowest BCUT2D eigenvalue weighted by Crippen LogP contribution is -2.40. The standard InChI is InChI=1S/C14H25NO2/c16-13-8-11(9-13)10-15-14(17)12-6-4-2-1-3-5-7-12/h11-13,16H,1-10H2,(H,15,17). The Morgan fingerprint density at radius 3 is 2.24 bits per heavy atom. The fraction of sp³-hybridized carbons (Fsp3) is 0.929. The molecular weight excluding hydrogens is 214 g/mol. The normalized spacial score (nSPS) is 31.1. The summed E-state index contributed by atoms with van der Waals surface area (Å²) in [5.41, 5.74) is 0. The fourth-order valence-corrected chi connectivity index (χ4v) is 2.97. The van der Waals surface area contributed by atoms with Crippen molar-refractivity contribution in [2.75, 3.05) is 6.54 Å². The van der Waals surface area contributed by atoms with Crippen LogP contribution in [-0.2, 0) is 4.79 Å². The van der Waals surface area contributed by atoms with Gasteiger partial charge in [0, 0.05) is 12.5 Å². The third-order valence-electron chi connectivity index (χ3n) is 4.25. The van der Waals surface area contributed by atoms with Gasteiger partial charge in [-0.25, -0.2) is 0 Å². The molecule has 3 nitrogen and oxygen atoms in total. The molecule has 0 unspecified atom stereocenters. The molecule has 2 aliphatic carbocycles. The SMILES string of the molecule is O=C(NCC1CC(O)C1)C1CCCCCCC1. The number of aliphatic hydroxyl groups excluding tert-OH is 1. The Hall–Kier alpha value is -0.570. The molecule has 0 spiro atoms. The van der Waals surface area contributed by atoms with Crippen molar-refractivity contribution in [2.24, 2.45) is 11.8 Å². The number of rotatable bonds is 3. The highest BCUT2D eigenvalue weighted by Gasteiger charge is 2.28. The molecule has 2 saturated carbocycles. The first-order chi connectivity index (χ1) is 8.25. The molecular formula is C14H25NO2. The van der Waals surface area contributed by atoms with E-state index in [4.69, 9.17) is 0 Å². The van der Waals surface area contributed by atoms with Gasteiger partial charge in [0.2, 0.25) is 5.91 Å². The maximum absolute atomic E-state index is 12.0. The zero-order valence-corrected chi connectivity index (χ0v) is 10.7. The van der Waals surface area contributed by atoms with E-state index in [1.54, 1.807) is 0 Å². The molecule has 17 heavy (non-hydrogen) atoms. The van der Waals surface area contributed by atoms with E-state index in [9.17, 15) is 9.90 Å². The largest absolute Gasteiger partial charge is 0.393 e. The second-order valence-electron chi connectivity index (χ2n) is 5.78. The summed E-state index contributed by atoms with van der Waals surface area (Å²) < 4.78 is 0. The summed E-state index contributed by atoms with van der Waals surface area (Å²) >= 11 is 0. The molecule has 2 fully saturated rings. The zero-order chi connectivity index (χ0) is 12.1. The summed E-state index contributed by atoms with van der Waals surface area (Å²) in [6.45, 7) is 0.770. The molecule has 2 N–H and O–H groups in total. The topological polar surface area (TPSA) is 49.3 Å². The molecule has 0 saturated heterocycles. The molecule has 0 heterocycles. The Kier molecular flexibility index (Phi) is 4.84. The molecule has 0 aliphatic heterocycles. The lowest BCUT2D eigenvalue weighted by Gasteiger charge is -2.32. The zero-order valence-electron chi connectivity index (χ0n) is 10.7. The van der Waals surface area contributed by atoms with Crippen LogP contribution < -0.4 is 5.32 Å². The number of hydrogen-bond donors (Lipinski definition) is 2. The molecule has 2 rings (SSSR count). The van der Waals surface area contributed by atoms with E-state index in [2.05, 4.69) is 5.32 Å². The summed E-state index contributed by atoms with van der Waals surface area (Å²) in [6.07, 6.45) is 10.1. The van der Waals surface area contributed by atoms with Gasteiger partial charge in [-0.1, -0.05) is 32.1 Å². The van der Waals surface area contributed by atoms with Crippen molar-refractivity contribution < 1.29 is 9.90 Å². The highest BCUT2D eigenvalue weighted by Crippen LogP contribution is 2.27. The third kappa shape index (κ3) is 3.98. The molecule has 0 aromatic heterocycles. The van der Waals surface area contributed by atoms with Crippen molar-refractivity contribution in [3.8, 4) is 0 Å². The molecule has 0 atom stereocenters. The van der Waals surface area contributed by atoms with Gasteiger partial charge in [-0.3, -0.25) is 4.79 Å². The van der Waals surface area contributed by atoms with Gasteiger partial charge in [-0.15, -0.1) is 0 Å². The summed E-state index contributed by atoms with van der Waals surface area (Å²) in [5.74, 6) is 1.02. The van der Waals surface area contributed by atoms with Gasteiger partial charge >= 0.3 is 0 Å². The van der Waals surface area contributed by atoms with E-state index in [1.807, 2.05) is 0 Å². The Bertz CT molecular complexity index is 241. The van der Waals surface area contributed by atoms with Crippen LogP contribution in [0.5, 0.6) is 0 Å². The second kappa shape index (κ2) is 6.39. The van der Waals surface area contributed by atoms with Crippen molar-refractivity contribution in [3.63, 3.8) is 0 Å². The molecule has 2 aliphatic rings. The molecule has 1 amide bonds. The third-order valence-corrected chi connectivity index (χ3v) is 4.25. The Balaban J connectivity index is 1.66. The van der Waals surface area contributed by atoms with Crippen LogP contribution in [-0.4, -0.2) is 23.7 Å². The van der Waals surface area contributed by atoms with Crippen LogP contribution >= 0.6 is 0 Å². The average molecular weight is 239 g/mol. The predicted octanol–water partition coefficient (Wildman–Crippen LogP) is 2.23. The first-order valence-corrected chi connectivity index (χ1v) is 7.21. The van der Waals surface area contributed by atoms with E-state index < -0.39 is 0 Å². The molecule has 3 heteroatoms. The smallest absolute Gasteiger partial charge is 0.223 e. The molecule has 0 bridgehead atoms. The number of amides is 1. The number of carbonyl (C=O) groups is 1. The quantitative estimate of drug-likeness (QED) is 0.793. The lowest BCUT2D eigenvalue weighted by molar-refractivity contribution is -0.126. The monoisotopic (exact) mass is 239 g/mol. The van der Waals surface area contributed by atoms with Gasteiger partial charge in [-0.2, -0.15) is 0 Å². The van der Waals surface area contributed by atoms with Crippen molar-refractivity contribution in [1.29, 1.82) is 0 Å². The number of nitrogens with one attached hydrogen (secondary N) is 1. The lowest BCUT2D eigenvalue weighted by atomic mass is 9.82. The van der Waals surface area contributed by atoms with E-state index in [0.29, 0.717) is 5.92 Å². The minimum absolute atomic E-state index is 0.113. The predicted molar refractivity (Wildman–Crippen MR) is 67.5 cm³/mol. The Morgan fingerprint density at radius 1 is 1.06 bits per heavy atom. The van der Waals surface area contributed by atoms with Gasteiger partial charge in [0.05, 0.1) is 6.10 Å². The van der Waals surface area contributed by atoms with E-state index in [-0.39, 0.29) is 17.9 Å². The summed E-state index contributed by atoms with van der Waals surface area (Å²) in [6, 6.07) is 0. The molecule has 0 aromatic rings. The van der Waals surface area contributed by atoms with Crippen LogP contribution in [0.1, 0.15) is 57.8 Å². The maximum atomic E-state index is 12.0. The highest BCUT2D eigenvalue weighted by molar-refractivity contribution is 5.78. The summed E-state index contributed by atoms with van der Waals surface area (Å²) in [4.78, 5) is 12.0. The van der Waals surface area contributed by atoms with E-state index >= 15 is 0 Å². The second-order valence-corrected chi connectivity index (χ2v) is 5.78. The Morgan fingerprint density at radius 2 is 1.65 bits per heavy atom. The van der Waals surface area contributed by atoms with Crippen molar-refractivity contribution in [2.45, 2.75) is 63.9 Å². The van der Waals surface area contributed by atoms with Crippen LogP contribution in [0.3, 0.4) is 0 Å². The first kappa shape index (κ1) is 12.9. The van der Waals surface area contributed by atoms with Gasteiger partial charge in [0.25, 0.3) is 0 Å². The van der Waals surface area contributed by atoms with Gasteiger partial charge < -0.3 is 10.4 Å². The Labute approximate surface area is 104 Å². The maximum Gasteiger partial charge on any atom is 0.223 e. The molecule has 0 radical (unpaired) electrons. The van der Waals surface area contributed by atoms with Crippen LogP contribution in [0.4, 0.5) is 0 Å². The van der Waals surface area contributed by atoms with Crippen molar-refractivity contribution in [1.82, 2.24) is 5.32 Å². The minimum Gasteiger partial charge on any atom is -0.393 e. The van der Waals surface area contributed by atoms with Crippen LogP contribution in [0.2, 0.25) is 0 Å². The molecule has 0 aromatic carbocycles. The fourth-order valence-electron chi connectivity index (χ4n) is 2.97. The summed E-state index contributed by atoms with van der Waals surface area (Å²) in [5, 5.41) is 12.3. The van der Waals surface area contributed by atoms with E-state index in [1.165, 1.54) is 32.1 Å². The number of aliphatic hydroxyl groups is 1. The number of carbonyl (C=O) groups excluding carboxylic acids is 1. The first-order valence-electron chi connectivity index (χ1n) is 7.21. The average Bonchev–Trinajstić information content (AvgIpc) is 2.22. The van der Waals surface area contributed by atoms with E-state index in [0.717, 1.165) is 32.2 Å².